The summed E-state index contributed by atoms with van der Waals surface area (Å²) in [5, 5.41) is 2.84. The van der Waals surface area contributed by atoms with Gasteiger partial charge in [-0.2, -0.15) is 0 Å². The maximum atomic E-state index is 11.8. The Kier molecular flexibility index (Phi) is 6.27. The minimum Gasteiger partial charge on any atom is -0.497 e. The maximum absolute atomic E-state index is 11.8. The van der Waals surface area contributed by atoms with Crippen LogP contribution in [0.25, 0.3) is 0 Å². The van der Waals surface area contributed by atoms with Gasteiger partial charge in [0.1, 0.15) is 18.1 Å². The molecule has 116 valence electrons. The van der Waals surface area contributed by atoms with Crippen LogP contribution in [0.3, 0.4) is 0 Å². The molecule has 4 nitrogen and oxygen atoms in total. The van der Waals surface area contributed by atoms with E-state index in [1.165, 1.54) is 0 Å². The van der Waals surface area contributed by atoms with Gasteiger partial charge in [-0.15, -0.1) is 0 Å². The van der Waals surface area contributed by atoms with E-state index in [2.05, 4.69) is 21.2 Å². The fourth-order valence-corrected chi connectivity index (χ4v) is 2.37. The number of amides is 1. The van der Waals surface area contributed by atoms with Gasteiger partial charge in [-0.1, -0.05) is 28.1 Å². The van der Waals surface area contributed by atoms with Crippen LogP contribution in [0, 0.1) is 0 Å². The zero-order chi connectivity index (χ0) is 15.8. The van der Waals surface area contributed by atoms with Crippen molar-refractivity contribution in [1.29, 1.82) is 0 Å². The summed E-state index contributed by atoms with van der Waals surface area (Å²) in [4.78, 5) is 11.8. The molecule has 0 aromatic heterocycles. The molecule has 5 heteroatoms. The van der Waals surface area contributed by atoms with E-state index in [-0.39, 0.29) is 5.91 Å². The summed E-state index contributed by atoms with van der Waals surface area (Å²) in [6.45, 7) is 0.898. The molecule has 0 spiro atoms. The monoisotopic (exact) mass is 363 g/mol. The van der Waals surface area contributed by atoms with Crippen molar-refractivity contribution in [2.45, 2.75) is 6.42 Å². The molecule has 0 saturated heterocycles. The predicted molar refractivity (Wildman–Crippen MR) is 89.3 cm³/mol. The number of halogens is 1. The number of ether oxygens (including phenoxy) is 2. The van der Waals surface area contributed by atoms with Gasteiger partial charge in [0.05, 0.1) is 20.1 Å². The Bertz CT molecular complexity index is 614. The third kappa shape index (κ3) is 5.41. The lowest BCUT2D eigenvalue weighted by Crippen LogP contribution is -2.29. The third-order valence-corrected chi connectivity index (χ3v) is 3.50. The van der Waals surface area contributed by atoms with Gasteiger partial charge in [-0.3, -0.25) is 4.79 Å². The number of rotatable bonds is 7. The van der Waals surface area contributed by atoms with Crippen LogP contribution in [0.2, 0.25) is 0 Å². The Morgan fingerprint density at radius 3 is 2.55 bits per heavy atom. The van der Waals surface area contributed by atoms with E-state index >= 15 is 0 Å². The molecule has 1 N–H and O–H groups in total. The molecule has 22 heavy (non-hydrogen) atoms. The van der Waals surface area contributed by atoms with E-state index in [1.54, 1.807) is 7.11 Å². The fraction of sp³-hybridized carbons (Fsp3) is 0.235. The number of hydrogen-bond acceptors (Lipinski definition) is 3. The van der Waals surface area contributed by atoms with Gasteiger partial charge < -0.3 is 14.8 Å². The second-order valence-corrected chi connectivity index (χ2v) is 5.60. The van der Waals surface area contributed by atoms with Crippen LogP contribution >= 0.6 is 15.9 Å². The Morgan fingerprint density at radius 2 is 1.86 bits per heavy atom. The molecule has 2 rings (SSSR count). The standard InChI is InChI=1S/C17H18BrNO3/c1-21-15-5-7-16(8-6-15)22-10-9-19-17(20)12-13-3-2-4-14(18)11-13/h2-8,11H,9-10,12H2,1H3,(H,19,20). The Hall–Kier alpha value is -2.01. The minimum atomic E-state index is -0.0172. The number of nitrogens with one attached hydrogen (secondary N) is 1. The van der Waals surface area contributed by atoms with Gasteiger partial charge in [-0.25, -0.2) is 0 Å². The number of hydrogen-bond donors (Lipinski definition) is 1. The molecule has 0 heterocycles. The minimum absolute atomic E-state index is 0.0172. The van der Waals surface area contributed by atoms with Gasteiger partial charge in [-0.05, 0) is 42.0 Å². The van der Waals surface area contributed by atoms with Crippen LogP contribution in [0.4, 0.5) is 0 Å². The van der Waals surface area contributed by atoms with Crippen molar-refractivity contribution in [3.8, 4) is 11.5 Å². The van der Waals surface area contributed by atoms with Gasteiger partial charge in [0.25, 0.3) is 0 Å². The SMILES string of the molecule is COc1ccc(OCCNC(=O)Cc2cccc(Br)c2)cc1. The first-order valence-electron chi connectivity index (χ1n) is 6.95. The average molecular weight is 364 g/mol. The van der Waals surface area contributed by atoms with Crippen molar-refractivity contribution in [1.82, 2.24) is 5.32 Å². The predicted octanol–water partition coefficient (Wildman–Crippen LogP) is 3.20. The molecule has 0 atom stereocenters. The van der Waals surface area contributed by atoms with Crippen molar-refractivity contribution in [3.63, 3.8) is 0 Å². The molecule has 2 aromatic carbocycles. The normalized spacial score (nSPS) is 10.1. The van der Waals surface area contributed by atoms with Crippen LogP contribution in [-0.2, 0) is 11.2 Å². The molecular formula is C17H18BrNO3. The molecular weight excluding hydrogens is 346 g/mol. The summed E-state index contributed by atoms with van der Waals surface area (Å²) in [6, 6.07) is 15.1. The Labute approximate surface area is 138 Å². The molecule has 0 bridgehead atoms. The zero-order valence-electron chi connectivity index (χ0n) is 12.3. The summed E-state index contributed by atoms with van der Waals surface area (Å²) in [5.74, 6) is 1.52. The second-order valence-electron chi connectivity index (χ2n) is 4.68. The maximum Gasteiger partial charge on any atom is 0.224 e. The van der Waals surface area contributed by atoms with E-state index in [4.69, 9.17) is 9.47 Å². The molecule has 0 saturated carbocycles. The molecule has 1 amide bonds. The van der Waals surface area contributed by atoms with E-state index in [0.717, 1.165) is 21.5 Å². The summed E-state index contributed by atoms with van der Waals surface area (Å²) in [6.07, 6.45) is 0.363. The quantitative estimate of drug-likeness (QED) is 0.768. The number of benzene rings is 2. The van der Waals surface area contributed by atoms with Crippen LogP contribution < -0.4 is 14.8 Å². The first-order chi connectivity index (χ1) is 10.7. The van der Waals surface area contributed by atoms with Crippen molar-refractivity contribution >= 4 is 21.8 Å². The van der Waals surface area contributed by atoms with E-state index < -0.39 is 0 Å². The topological polar surface area (TPSA) is 47.6 Å². The molecule has 0 radical (unpaired) electrons. The van der Waals surface area contributed by atoms with E-state index in [1.807, 2.05) is 48.5 Å². The highest BCUT2D eigenvalue weighted by molar-refractivity contribution is 9.10. The highest BCUT2D eigenvalue weighted by Gasteiger charge is 2.03. The van der Waals surface area contributed by atoms with Crippen LogP contribution in [0.5, 0.6) is 11.5 Å². The molecule has 0 aliphatic heterocycles. The molecule has 0 aliphatic carbocycles. The van der Waals surface area contributed by atoms with Gasteiger partial charge in [0.15, 0.2) is 0 Å². The lowest BCUT2D eigenvalue weighted by Gasteiger charge is -2.08. The summed E-state index contributed by atoms with van der Waals surface area (Å²) < 4.78 is 11.6. The van der Waals surface area contributed by atoms with E-state index in [9.17, 15) is 4.79 Å². The van der Waals surface area contributed by atoms with Crippen molar-refractivity contribution in [3.05, 3.63) is 58.6 Å². The zero-order valence-corrected chi connectivity index (χ0v) is 13.9. The van der Waals surface area contributed by atoms with Crippen molar-refractivity contribution in [2.75, 3.05) is 20.3 Å². The highest BCUT2D eigenvalue weighted by atomic mass is 79.9. The number of methoxy groups -OCH3 is 1. The third-order valence-electron chi connectivity index (χ3n) is 3.01. The van der Waals surface area contributed by atoms with Crippen molar-refractivity contribution < 1.29 is 14.3 Å². The number of carbonyl (C=O) groups excluding carboxylic acids is 1. The smallest absolute Gasteiger partial charge is 0.224 e. The first kappa shape index (κ1) is 16.4. The van der Waals surface area contributed by atoms with Gasteiger partial charge >= 0.3 is 0 Å². The first-order valence-corrected chi connectivity index (χ1v) is 7.74. The lowest BCUT2D eigenvalue weighted by atomic mass is 10.1. The molecule has 2 aromatic rings. The fourth-order valence-electron chi connectivity index (χ4n) is 1.93. The van der Waals surface area contributed by atoms with Crippen LogP contribution in [0.1, 0.15) is 5.56 Å². The lowest BCUT2D eigenvalue weighted by molar-refractivity contribution is -0.120. The Balaban J connectivity index is 1.68. The number of carbonyl (C=O) groups is 1. The van der Waals surface area contributed by atoms with Crippen LogP contribution in [0.15, 0.2) is 53.0 Å². The average Bonchev–Trinajstić information content (AvgIpc) is 2.52. The van der Waals surface area contributed by atoms with Gasteiger partial charge in [0, 0.05) is 4.47 Å². The highest BCUT2D eigenvalue weighted by Crippen LogP contribution is 2.16. The summed E-state index contributed by atoms with van der Waals surface area (Å²) >= 11 is 3.39. The summed E-state index contributed by atoms with van der Waals surface area (Å²) in [5.41, 5.74) is 0.975. The van der Waals surface area contributed by atoms with Gasteiger partial charge in [0.2, 0.25) is 5.91 Å². The van der Waals surface area contributed by atoms with Crippen molar-refractivity contribution in [2.24, 2.45) is 0 Å². The largest absolute Gasteiger partial charge is 0.497 e. The molecule has 0 aliphatic rings. The van der Waals surface area contributed by atoms with E-state index in [0.29, 0.717) is 19.6 Å². The van der Waals surface area contributed by atoms with Crippen LogP contribution in [-0.4, -0.2) is 26.2 Å². The second kappa shape index (κ2) is 8.44. The molecule has 0 unspecified atom stereocenters. The molecule has 0 fully saturated rings. The summed E-state index contributed by atoms with van der Waals surface area (Å²) in [7, 11) is 1.62. The Morgan fingerprint density at radius 1 is 1.14 bits per heavy atom.